The number of carbonyl (C=O) groups excluding carboxylic acids is 1. The van der Waals surface area contributed by atoms with Crippen molar-refractivity contribution in [1.29, 1.82) is 0 Å². The molecule has 1 aromatic heterocycles. The number of aryl methyl sites for hydroxylation is 1. The molecular formula is C23H25N3OS. The van der Waals surface area contributed by atoms with E-state index in [4.69, 9.17) is 5.73 Å². The lowest BCUT2D eigenvalue weighted by Gasteiger charge is -2.41. The van der Waals surface area contributed by atoms with Crippen molar-refractivity contribution in [3.63, 3.8) is 0 Å². The first-order valence-corrected chi connectivity index (χ1v) is 10.6. The highest BCUT2D eigenvalue weighted by molar-refractivity contribution is 7.09. The Bertz CT molecular complexity index is 911. The van der Waals surface area contributed by atoms with Crippen LogP contribution in [-0.2, 0) is 24.2 Å². The first-order chi connectivity index (χ1) is 13.8. The lowest BCUT2D eigenvalue weighted by Crippen LogP contribution is -2.43. The van der Waals surface area contributed by atoms with Crippen LogP contribution in [0.4, 0.5) is 0 Å². The molecule has 0 aliphatic heterocycles. The maximum atomic E-state index is 12.9. The largest absolute Gasteiger partial charge is 0.327 e. The van der Waals surface area contributed by atoms with Crippen LogP contribution in [0.5, 0.6) is 0 Å². The fourth-order valence-corrected chi connectivity index (χ4v) is 4.91. The highest BCUT2D eigenvalue weighted by Crippen LogP contribution is 2.41. The van der Waals surface area contributed by atoms with E-state index in [1.807, 2.05) is 16.3 Å². The predicted molar refractivity (Wildman–Crippen MR) is 113 cm³/mol. The van der Waals surface area contributed by atoms with E-state index in [2.05, 4.69) is 53.5 Å². The third kappa shape index (κ3) is 4.01. The number of carbonyl (C=O) groups is 1. The summed E-state index contributed by atoms with van der Waals surface area (Å²) >= 11 is 1.58. The fraction of sp³-hybridized carbons (Fsp3) is 0.304. The molecule has 0 radical (unpaired) electrons. The lowest BCUT2D eigenvalue weighted by molar-refractivity contribution is -0.134. The number of fused-ring (bicyclic) bond motifs is 1. The quantitative estimate of drug-likeness (QED) is 0.691. The topological polar surface area (TPSA) is 59.2 Å². The van der Waals surface area contributed by atoms with Gasteiger partial charge in [-0.05, 0) is 41.9 Å². The van der Waals surface area contributed by atoms with E-state index < -0.39 is 0 Å². The summed E-state index contributed by atoms with van der Waals surface area (Å²) < 4.78 is 0. The summed E-state index contributed by atoms with van der Waals surface area (Å²) in [6, 6.07) is 19.1. The Balaban J connectivity index is 1.72. The molecule has 1 aliphatic carbocycles. The van der Waals surface area contributed by atoms with Gasteiger partial charge in [-0.25, -0.2) is 4.98 Å². The van der Waals surface area contributed by atoms with Gasteiger partial charge in [-0.2, -0.15) is 0 Å². The smallest absolute Gasteiger partial charge is 0.237 e. The minimum Gasteiger partial charge on any atom is -0.327 e. The monoisotopic (exact) mass is 391 g/mol. The Kier molecular flexibility index (Phi) is 5.84. The Labute approximate surface area is 170 Å². The van der Waals surface area contributed by atoms with Crippen LogP contribution in [0.25, 0.3) is 0 Å². The molecule has 0 fully saturated rings. The van der Waals surface area contributed by atoms with Gasteiger partial charge in [-0.1, -0.05) is 54.6 Å². The normalized spacial score (nSPS) is 18.5. The van der Waals surface area contributed by atoms with Crippen molar-refractivity contribution in [2.75, 3.05) is 6.54 Å². The molecule has 0 saturated carbocycles. The standard InChI is InChI=1S/C23H25N3OS/c24-15-22(27)26(16-21-25-12-13-28-21)23-19(14-17-6-2-1-3-7-17)11-10-18-8-4-5-9-20(18)23/h1-9,12-13,19,23H,10-11,14-16,24H2. The molecule has 144 valence electrons. The molecule has 4 rings (SSSR count). The number of nitrogens with zero attached hydrogens (tertiary/aromatic N) is 2. The van der Waals surface area contributed by atoms with Gasteiger partial charge in [0.2, 0.25) is 5.91 Å². The summed E-state index contributed by atoms with van der Waals surface area (Å²) in [6.07, 6.45) is 4.85. The molecule has 2 atom stereocenters. The minimum absolute atomic E-state index is 0.0160. The average molecular weight is 392 g/mol. The van der Waals surface area contributed by atoms with Gasteiger partial charge in [-0.15, -0.1) is 11.3 Å². The zero-order valence-corrected chi connectivity index (χ0v) is 16.6. The second kappa shape index (κ2) is 8.67. The van der Waals surface area contributed by atoms with Gasteiger partial charge in [0.1, 0.15) is 5.01 Å². The fourth-order valence-electron chi connectivity index (χ4n) is 4.29. The molecule has 5 heteroatoms. The molecule has 2 unspecified atom stereocenters. The van der Waals surface area contributed by atoms with Gasteiger partial charge in [0, 0.05) is 11.6 Å². The molecule has 0 saturated heterocycles. The Morgan fingerprint density at radius 1 is 1.14 bits per heavy atom. The zero-order chi connectivity index (χ0) is 19.3. The maximum Gasteiger partial charge on any atom is 0.237 e. The summed E-state index contributed by atoms with van der Waals surface area (Å²) in [7, 11) is 0. The van der Waals surface area contributed by atoms with E-state index in [9.17, 15) is 4.79 Å². The third-order valence-corrected chi connectivity index (χ3v) is 6.33. The van der Waals surface area contributed by atoms with E-state index in [0.717, 1.165) is 24.3 Å². The number of aromatic nitrogens is 1. The molecule has 1 amide bonds. The molecule has 2 N–H and O–H groups in total. The highest BCUT2D eigenvalue weighted by atomic mass is 32.1. The van der Waals surface area contributed by atoms with Crippen molar-refractivity contribution in [3.05, 3.63) is 87.9 Å². The van der Waals surface area contributed by atoms with Gasteiger partial charge >= 0.3 is 0 Å². The second-order valence-corrected chi connectivity index (χ2v) is 8.26. The third-order valence-electron chi connectivity index (χ3n) is 5.57. The van der Waals surface area contributed by atoms with Crippen molar-refractivity contribution < 1.29 is 4.79 Å². The number of benzene rings is 2. The van der Waals surface area contributed by atoms with Crippen LogP contribution in [0, 0.1) is 5.92 Å². The zero-order valence-electron chi connectivity index (χ0n) is 15.8. The Morgan fingerprint density at radius 2 is 1.93 bits per heavy atom. The molecule has 2 aromatic carbocycles. The van der Waals surface area contributed by atoms with Crippen molar-refractivity contribution >= 4 is 17.2 Å². The molecule has 0 spiro atoms. The molecule has 3 aromatic rings. The lowest BCUT2D eigenvalue weighted by atomic mass is 9.76. The number of thiazole rings is 1. The molecule has 28 heavy (non-hydrogen) atoms. The SMILES string of the molecule is NCC(=O)N(Cc1nccs1)C1c2ccccc2CCC1Cc1ccccc1. The van der Waals surface area contributed by atoms with Crippen LogP contribution in [0.1, 0.15) is 34.2 Å². The molecule has 4 nitrogen and oxygen atoms in total. The van der Waals surface area contributed by atoms with Crippen LogP contribution < -0.4 is 5.73 Å². The van der Waals surface area contributed by atoms with Gasteiger partial charge in [-0.3, -0.25) is 4.79 Å². The van der Waals surface area contributed by atoms with Gasteiger partial charge in [0.05, 0.1) is 19.1 Å². The van der Waals surface area contributed by atoms with E-state index in [1.165, 1.54) is 16.7 Å². The Hall–Kier alpha value is -2.50. The van der Waals surface area contributed by atoms with Crippen molar-refractivity contribution in [3.8, 4) is 0 Å². The summed E-state index contributed by atoms with van der Waals surface area (Å²) in [5.74, 6) is 0.336. The van der Waals surface area contributed by atoms with Gasteiger partial charge in [0.25, 0.3) is 0 Å². The molecule has 1 aliphatic rings. The predicted octanol–water partition coefficient (Wildman–Crippen LogP) is 3.98. The second-order valence-electron chi connectivity index (χ2n) is 7.28. The summed E-state index contributed by atoms with van der Waals surface area (Å²) in [6.45, 7) is 0.528. The number of hydrogen-bond donors (Lipinski definition) is 1. The number of amides is 1. The number of rotatable bonds is 6. The average Bonchev–Trinajstić information content (AvgIpc) is 3.26. The van der Waals surface area contributed by atoms with Crippen LogP contribution in [-0.4, -0.2) is 22.3 Å². The Morgan fingerprint density at radius 3 is 2.68 bits per heavy atom. The highest BCUT2D eigenvalue weighted by Gasteiger charge is 2.36. The van der Waals surface area contributed by atoms with Gasteiger partial charge < -0.3 is 10.6 Å². The molecule has 0 bridgehead atoms. The first kappa shape index (κ1) is 18.8. The maximum absolute atomic E-state index is 12.9. The van der Waals surface area contributed by atoms with E-state index in [1.54, 1.807) is 17.5 Å². The summed E-state index contributed by atoms with van der Waals surface area (Å²) in [4.78, 5) is 19.3. The van der Waals surface area contributed by atoms with Crippen molar-refractivity contribution in [1.82, 2.24) is 9.88 Å². The van der Waals surface area contributed by atoms with Crippen LogP contribution >= 0.6 is 11.3 Å². The van der Waals surface area contributed by atoms with E-state index in [0.29, 0.717) is 12.5 Å². The summed E-state index contributed by atoms with van der Waals surface area (Å²) in [5, 5.41) is 2.90. The first-order valence-electron chi connectivity index (χ1n) is 9.76. The number of nitrogens with two attached hydrogens (primary N) is 1. The van der Waals surface area contributed by atoms with E-state index >= 15 is 0 Å². The van der Waals surface area contributed by atoms with Crippen LogP contribution in [0.3, 0.4) is 0 Å². The summed E-state index contributed by atoms with van der Waals surface area (Å²) in [5.41, 5.74) is 9.73. The van der Waals surface area contributed by atoms with Crippen LogP contribution in [0.15, 0.2) is 66.2 Å². The number of hydrogen-bond acceptors (Lipinski definition) is 4. The van der Waals surface area contributed by atoms with Crippen molar-refractivity contribution in [2.45, 2.75) is 31.8 Å². The van der Waals surface area contributed by atoms with E-state index in [-0.39, 0.29) is 18.5 Å². The minimum atomic E-state index is -0.0186. The van der Waals surface area contributed by atoms with Crippen molar-refractivity contribution in [2.24, 2.45) is 11.7 Å². The van der Waals surface area contributed by atoms with Crippen LogP contribution in [0.2, 0.25) is 0 Å². The molecule has 1 heterocycles. The molecular weight excluding hydrogens is 366 g/mol. The van der Waals surface area contributed by atoms with Gasteiger partial charge in [0.15, 0.2) is 0 Å².